The third-order valence-electron chi connectivity index (χ3n) is 3.38. The molecule has 2 heteroatoms. The summed E-state index contributed by atoms with van der Waals surface area (Å²) in [5.74, 6) is 0. The predicted molar refractivity (Wildman–Crippen MR) is 77.8 cm³/mol. The fourth-order valence-electron chi connectivity index (χ4n) is 2.25. The van der Waals surface area contributed by atoms with Crippen LogP contribution in [0.3, 0.4) is 0 Å². The van der Waals surface area contributed by atoms with Crippen LogP contribution >= 0.6 is 0 Å². The van der Waals surface area contributed by atoms with E-state index in [1.54, 1.807) is 0 Å². The molecule has 0 spiro atoms. The second-order valence-corrected chi connectivity index (χ2v) is 5.42. The van der Waals surface area contributed by atoms with Gasteiger partial charge in [0, 0.05) is 12.6 Å². The topological polar surface area (TPSA) is 32.3 Å². The van der Waals surface area contributed by atoms with Crippen LogP contribution in [0.25, 0.3) is 0 Å². The summed E-state index contributed by atoms with van der Waals surface area (Å²) in [5, 5.41) is 13.7. The third kappa shape index (κ3) is 5.65. The van der Waals surface area contributed by atoms with Gasteiger partial charge in [0.2, 0.25) is 0 Å². The zero-order chi connectivity index (χ0) is 13.4. The minimum atomic E-state index is -0.584. The summed E-state index contributed by atoms with van der Waals surface area (Å²) in [4.78, 5) is 0. The third-order valence-corrected chi connectivity index (χ3v) is 3.38. The van der Waals surface area contributed by atoms with Crippen molar-refractivity contribution in [2.75, 3.05) is 6.54 Å². The average molecular weight is 249 g/mol. The fourth-order valence-corrected chi connectivity index (χ4v) is 2.25. The van der Waals surface area contributed by atoms with E-state index in [2.05, 4.69) is 43.4 Å². The van der Waals surface area contributed by atoms with Crippen molar-refractivity contribution in [2.24, 2.45) is 0 Å². The van der Waals surface area contributed by atoms with Gasteiger partial charge in [0.25, 0.3) is 0 Å². The Hall–Kier alpha value is -0.860. The van der Waals surface area contributed by atoms with E-state index < -0.39 is 5.60 Å². The van der Waals surface area contributed by atoms with E-state index in [1.165, 1.54) is 5.56 Å². The highest BCUT2D eigenvalue weighted by Gasteiger charge is 2.20. The first-order valence-electron chi connectivity index (χ1n) is 7.07. The lowest BCUT2D eigenvalue weighted by Crippen LogP contribution is -2.43. The molecule has 0 aliphatic heterocycles. The molecule has 0 amide bonds. The molecule has 0 aromatic heterocycles. The molecule has 1 aromatic carbocycles. The zero-order valence-electron chi connectivity index (χ0n) is 11.9. The average Bonchev–Trinajstić information content (AvgIpc) is 2.35. The first-order valence-corrected chi connectivity index (χ1v) is 7.07. The van der Waals surface area contributed by atoms with Crippen molar-refractivity contribution in [1.29, 1.82) is 0 Å². The van der Waals surface area contributed by atoms with Gasteiger partial charge in [-0.05, 0) is 31.7 Å². The van der Waals surface area contributed by atoms with Crippen molar-refractivity contribution < 1.29 is 5.11 Å². The molecule has 0 aliphatic carbocycles. The Labute approximate surface area is 111 Å². The molecule has 0 radical (unpaired) electrons. The summed E-state index contributed by atoms with van der Waals surface area (Å²) in [5.41, 5.74) is 0.769. The number of hydrogen-bond donors (Lipinski definition) is 2. The summed E-state index contributed by atoms with van der Waals surface area (Å²) >= 11 is 0. The maximum atomic E-state index is 10.2. The smallest absolute Gasteiger partial charge is 0.0743 e. The van der Waals surface area contributed by atoms with Gasteiger partial charge in [-0.15, -0.1) is 0 Å². The van der Waals surface area contributed by atoms with Crippen LogP contribution in [0.1, 0.15) is 45.6 Å². The molecule has 2 N–H and O–H groups in total. The van der Waals surface area contributed by atoms with Crippen LogP contribution in [0.15, 0.2) is 30.3 Å². The van der Waals surface area contributed by atoms with Crippen LogP contribution in [-0.4, -0.2) is 23.3 Å². The Morgan fingerprint density at radius 3 is 2.44 bits per heavy atom. The van der Waals surface area contributed by atoms with Crippen molar-refractivity contribution in [2.45, 2.75) is 58.1 Å². The normalized spacial score (nSPS) is 16.2. The van der Waals surface area contributed by atoms with E-state index in [-0.39, 0.29) is 0 Å². The summed E-state index contributed by atoms with van der Waals surface area (Å²) in [6.07, 6.45) is 3.97. The summed E-state index contributed by atoms with van der Waals surface area (Å²) in [7, 11) is 0. The Morgan fingerprint density at radius 2 is 1.89 bits per heavy atom. The van der Waals surface area contributed by atoms with Gasteiger partial charge in [-0.25, -0.2) is 0 Å². The molecule has 2 nitrogen and oxygen atoms in total. The lowest BCUT2D eigenvalue weighted by Gasteiger charge is -2.26. The van der Waals surface area contributed by atoms with E-state index in [1.807, 2.05) is 13.0 Å². The highest BCUT2D eigenvalue weighted by molar-refractivity contribution is 5.15. The monoisotopic (exact) mass is 249 g/mol. The molecule has 18 heavy (non-hydrogen) atoms. The van der Waals surface area contributed by atoms with Crippen LogP contribution in [-0.2, 0) is 6.42 Å². The van der Waals surface area contributed by atoms with Crippen molar-refractivity contribution in [3.63, 3.8) is 0 Å². The van der Waals surface area contributed by atoms with Crippen LogP contribution < -0.4 is 5.32 Å². The highest BCUT2D eigenvalue weighted by atomic mass is 16.3. The minimum absolute atomic E-state index is 0.440. The van der Waals surface area contributed by atoms with Gasteiger partial charge in [-0.2, -0.15) is 0 Å². The quantitative estimate of drug-likeness (QED) is 0.742. The van der Waals surface area contributed by atoms with Crippen LogP contribution in [0.5, 0.6) is 0 Å². The van der Waals surface area contributed by atoms with Gasteiger partial charge in [0.15, 0.2) is 0 Å². The molecule has 0 saturated carbocycles. The van der Waals surface area contributed by atoms with Crippen molar-refractivity contribution in [3.8, 4) is 0 Å². The van der Waals surface area contributed by atoms with Crippen molar-refractivity contribution in [3.05, 3.63) is 35.9 Å². The number of rotatable bonds is 8. The van der Waals surface area contributed by atoms with Gasteiger partial charge in [-0.1, -0.05) is 50.6 Å². The molecular formula is C16H27NO. The first kappa shape index (κ1) is 15.2. The van der Waals surface area contributed by atoms with E-state index in [4.69, 9.17) is 0 Å². The van der Waals surface area contributed by atoms with Gasteiger partial charge in [0.05, 0.1) is 5.60 Å². The van der Waals surface area contributed by atoms with Gasteiger partial charge in [0.1, 0.15) is 0 Å². The maximum absolute atomic E-state index is 10.2. The van der Waals surface area contributed by atoms with Crippen LogP contribution in [0.2, 0.25) is 0 Å². The van der Waals surface area contributed by atoms with E-state index in [9.17, 15) is 5.11 Å². The molecule has 1 rings (SSSR count). The number of benzene rings is 1. The van der Waals surface area contributed by atoms with Gasteiger partial charge >= 0.3 is 0 Å². The Bertz CT molecular complexity index is 321. The zero-order valence-corrected chi connectivity index (χ0v) is 11.9. The molecule has 0 heterocycles. The SMILES string of the molecule is CCCC(C)(O)CNC(CC)Cc1ccccc1. The minimum Gasteiger partial charge on any atom is -0.389 e. The Morgan fingerprint density at radius 1 is 1.22 bits per heavy atom. The van der Waals surface area contributed by atoms with E-state index in [0.29, 0.717) is 12.6 Å². The van der Waals surface area contributed by atoms with Gasteiger partial charge < -0.3 is 10.4 Å². The van der Waals surface area contributed by atoms with Crippen LogP contribution in [0, 0.1) is 0 Å². The standard InChI is InChI=1S/C16H27NO/c1-4-11-16(3,18)13-17-15(5-2)12-14-9-7-6-8-10-14/h6-10,15,17-18H,4-5,11-13H2,1-3H3. The molecule has 0 aliphatic rings. The maximum Gasteiger partial charge on any atom is 0.0743 e. The Balaban J connectivity index is 2.43. The molecule has 1 aromatic rings. The second kappa shape index (κ2) is 7.55. The first-order chi connectivity index (χ1) is 8.57. The van der Waals surface area contributed by atoms with E-state index >= 15 is 0 Å². The van der Waals surface area contributed by atoms with Crippen molar-refractivity contribution in [1.82, 2.24) is 5.32 Å². The molecule has 0 bridgehead atoms. The van der Waals surface area contributed by atoms with Crippen LogP contribution in [0.4, 0.5) is 0 Å². The lowest BCUT2D eigenvalue weighted by atomic mass is 9.98. The van der Waals surface area contributed by atoms with E-state index in [0.717, 1.165) is 25.7 Å². The molecule has 2 atom stereocenters. The predicted octanol–water partition coefficient (Wildman–Crippen LogP) is 3.15. The number of nitrogens with one attached hydrogen (secondary N) is 1. The summed E-state index contributed by atoms with van der Waals surface area (Å²) < 4.78 is 0. The second-order valence-electron chi connectivity index (χ2n) is 5.42. The molecule has 102 valence electrons. The molecule has 0 saturated heterocycles. The lowest BCUT2D eigenvalue weighted by molar-refractivity contribution is 0.0470. The number of hydrogen-bond acceptors (Lipinski definition) is 2. The molecule has 2 unspecified atom stereocenters. The fraction of sp³-hybridized carbons (Fsp3) is 0.625. The summed E-state index contributed by atoms with van der Waals surface area (Å²) in [6, 6.07) is 11.0. The number of aliphatic hydroxyl groups is 1. The summed E-state index contributed by atoms with van der Waals surface area (Å²) in [6.45, 7) is 6.88. The molecular weight excluding hydrogens is 222 g/mol. The molecule has 0 fully saturated rings. The largest absolute Gasteiger partial charge is 0.389 e. The van der Waals surface area contributed by atoms with Gasteiger partial charge in [-0.3, -0.25) is 0 Å². The Kier molecular flexibility index (Phi) is 6.37. The van der Waals surface area contributed by atoms with Crippen molar-refractivity contribution >= 4 is 0 Å². The highest BCUT2D eigenvalue weighted by Crippen LogP contribution is 2.12.